The Bertz CT molecular complexity index is 645. The van der Waals surface area contributed by atoms with Gasteiger partial charge in [-0.25, -0.2) is 0 Å². The Kier molecular flexibility index (Phi) is 17.4. The van der Waals surface area contributed by atoms with E-state index in [1.165, 1.54) is 23.5 Å². The number of carboxylic acids is 2. The van der Waals surface area contributed by atoms with Gasteiger partial charge in [0, 0.05) is 20.9 Å². The van der Waals surface area contributed by atoms with Crippen LogP contribution in [-0.4, -0.2) is 23.4 Å². The molecule has 0 N–H and O–H groups in total. The zero-order valence-corrected chi connectivity index (χ0v) is 24.3. The molecule has 26 heavy (non-hydrogen) atoms. The molecule has 2 aromatic carbocycles. The van der Waals surface area contributed by atoms with Gasteiger partial charge in [-0.15, -0.1) is 23.5 Å². The van der Waals surface area contributed by atoms with Gasteiger partial charge in [0.2, 0.25) is 0 Å². The third-order valence-corrected chi connectivity index (χ3v) is 4.72. The molecule has 0 heterocycles. The summed E-state index contributed by atoms with van der Waals surface area (Å²) in [7, 11) is 0. The van der Waals surface area contributed by atoms with Crippen LogP contribution in [0.4, 0.5) is 0 Å². The third kappa shape index (κ3) is 9.81. The van der Waals surface area contributed by atoms with Crippen molar-refractivity contribution >= 4 is 35.5 Å². The number of hydrogen-bond donors (Lipinski definition) is 0. The van der Waals surface area contributed by atoms with Crippen molar-refractivity contribution in [2.24, 2.45) is 0 Å². The smallest absolute Gasteiger partial charge is 1.00 e. The fourth-order valence-corrected chi connectivity index (χ4v) is 3.42. The van der Waals surface area contributed by atoms with Crippen LogP contribution >= 0.6 is 23.5 Å². The van der Waals surface area contributed by atoms with Crippen LogP contribution in [-0.2, 0) is 27.7 Å². The summed E-state index contributed by atoms with van der Waals surface area (Å²) in [5, 5.41) is 21.1. The van der Waals surface area contributed by atoms with Gasteiger partial charge in [-0.1, -0.05) is 50.2 Å². The number of carboxylic acid groups (broad SMARTS) is 2. The largest absolute Gasteiger partial charge is 2.00 e. The number of aromatic carboxylic acids is 2. The maximum Gasteiger partial charge on any atom is 2.00 e. The number of thioether (sulfide) groups is 2. The van der Waals surface area contributed by atoms with Gasteiger partial charge in [0.05, 0.1) is 11.9 Å². The van der Waals surface area contributed by atoms with Crippen LogP contribution < -0.4 is 39.8 Å². The van der Waals surface area contributed by atoms with E-state index < -0.39 is 11.9 Å². The van der Waals surface area contributed by atoms with E-state index in [0.717, 1.165) is 21.3 Å². The maximum absolute atomic E-state index is 10.6. The van der Waals surface area contributed by atoms with Crippen LogP contribution in [0, 0.1) is 0 Å². The van der Waals surface area contributed by atoms with Crippen molar-refractivity contribution in [3.05, 3.63) is 59.7 Å². The zero-order valence-electron chi connectivity index (χ0n) is 16.2. The van der Waals surface area contributed by atoms with E-state index in [9.17, 15) is 19.8 Å². The predicted molar refractivity (Wildman–Crippen MR) is 95.5 cm³/mol. The molecule has 0 aliphatic rings. The molecule has 2 rings (SSSR count). The Morgan fingerprint density at radius 3 is 1.38 bits per heavy atom. The zero-order chi connectivity index (χ0) is 17.9. The summed E-state index contributed by atoms with van der Waals surface area (Å²) in [5.41, 5.74) is 0.564. The monoisotopic (exact) mass is 588 g/mol. The van der Waals surface area contributed by atoms with E-state index in [2.05, 4.69) is 0 Å². The van der Waals surface area contributed by atoms with E-state index in [0.29, 0.717) is 0 Å². The first kappa shape index (κ1) is 28.2. The molecule has 130 valence electrons. The van der Waals surface area contributed by atoms with E-state index in [4.69, 9.17) is 0 Å². The van der Waals surface area contributed by atoms with Gasteiger partial charge >= 0.3 is 57.2 Å². The first-order valence-electron chi connectivity index (χ1n) is 7.37. The molecule has 0 spiro atoms. The molecule has 0 saturated heterocycles. The molecule has 0 fully saturated rings. The van der Waals surface area contributed by atoms with Gasteiger partial charge in [0.25, 0.3) is 0 Å². The number of rotatable bonds is 6. The van der Waals surface area contributed by atoms with Gasteiger partial charge in [-0.05, 0) is 23.6 Å². The summed E-state index contributed by atoms with van der Waals surface area (Å²) in [6.45, 7) is 3.97. The number of carbonyl (C=O) groups is 2. The molecule has 0 amide bonds. The molecule has 2 aromatic rings. The summed E-state index contributed by atoms with van der Waals surface area (Å²) in [6, 6.07) is 13.8. The quantitative estimate of drug-likeness (QED) is 0.334. The van der Waals surface area contributed by atoms with Crippen LogP contribution in [0.25, 0.3) is 0 Å². The van der Waals surface area contributed by atoms with Gasteiger partial charge in [-0.3, -0.25) is 0 Å². The van der Waals surface area contributed by atoms with Crippen molar-refractivity contribution in [2.75, 3.05) is 11.5 Å². The average Bonchev–Trinajstić information content (AvgIpc) is 2.57. The van der Waals surface area contributed by atoms with Crippen LogP contribution in [0.2, 0.25) is 0 Å². The van der Waals surface area contributed by atoms with Gasteiger partial charge in [0.1, 0.15) is 0 Å². The molecule has 0 radical (unpaired) electrons. The van der Waals surface area contributed by atoms with Crippen molar-refractivity contribution in [2.45, 2.75) is 23.6 Å². The van der Waals surface area contributed by atoms with Crippen LogP contribution in [0.3, 0.4) is 0 Å². The standard InChI is InChI=1S/2C9H10O2S.Hg.Na.H/c2*1-2-12-8-6-4-3-5-7(8)9(10)11;;;/h2*3-6H,2H2,1H3,(H,10,11);;;/q;;+2;+1;-1/p-2. The molecule has 0 aliphatic heterocycles. The molecule has 8 heteroatoms. The molecular formula is C18H19HgNaO4S2. The molecule has 0 unspecified atom stereocenters. The summed E-state index contributed by atoms with van der Waals surface area (Å²) in [6.07, 6.45) is 0. The summed E-state index contributed by atoms with van der Waals surface area (Å²) in [4.78, 5) is 22.7. The molecule has 0 bridgehead atoms. The molecule has 0 aromatic heterocycles. The topological polar surface area (TPSA) is 80.3 Å². The Morgan fingerprint density at radius 1 is 0.808 bits per heavy atom. The first-order valence-corrected chi connectivity index (χ1v) is 9.34. The normalized spacial score (nSPS) is 9.00. The van der Waals surface area contributed by atoms with E-state index >= 15 is 0 Å². The maximum atomic E-state index is 10.6. The second-order valence-electron chi connectivity index (χ2n) is 4.43. The van der Waals surface area contributed by atoms with Crippen molar-refractivity contribution in [1.29, 1.82) is 0 Å². The Morgan fingerprint density at radius 2 is 1.12 bits per heavy atom. The van der Waals surface area contributed by atoms with Crippen molar-refractivity contribution in [1.82, 2.24) is 0 Å². The van der Waals surface area contributed by atoms with Gasteiger partial charge in [-0.2, -0.15) is 0 Å². The van der Waals surface area contributed by atoms with Crippen LogP contribution in [0.1, 0.15) is 36.0 Å². The third-order valence-electron chi connectivity index (χ3n) is 2.81. The van der Waals surface area contributed by atoms with Crippen molar-refractivity contribution in [3.8, 4) is 0 Å². The summed E-state index contributed by atoms with van der Waals surface area (Å²) in [5.74, 6) is -0.479. The Hall–Kier alpha value is 0.0151. The van der Waals surface area contributed by atoms with E-state index in [1.54, 1.807) is 36.4 Å². The SMILES string of the molecule is CCSc1ccccc1C(=O)[O-].CCSc1ccccc1C(=O)[O-].[H-].[Hg+2].[Na+]. The Balaban J connectivity index is -0.000000384. The summed E-state index contributed by atoms with van der Waals surface area (Å²) >= 11 is 3.02. The fraction of sp³-hybridized carbons (Fsp3) is 0.222. The summed E-state index contributed by atoms with van der Waals surface area (Å²) < 4.78 is 0. The first-order chi connectivity index (χ1) is 11.5. The fourth-order valence-electron chi connectivity index (χ4n) is 1.83. The number of carbonyl (C=O) groups excluding carboxylic acids is 2. The second-order valence-corrected chi connectivity index (χ2v) is 7.04. The number of hydrogen-bond acceptors (Lipinski definition) is 6. The molecule has 4 nitrogen and oxygen atoms in total. The van der Waals surface area contributed by atoms with Crippen molar-refractivity contribution in [3.63, 3.8) is 0 Å². The predicted octanol–water partition coefficient (Wildman–Crippen LogP) is -0.562. The van der Waals surface area contributed by atoms with Crippen molar-refractivity contribution < 1.29 is 78.5 Å². The Labute approximate surface area is 206 Å². The van der Waals surface area contributed by atoms with E-state index in [1.807, 2.05) is 26.0 Å². The molecule has 0 aliphatic carbocycles. The molecular weight excluding hydrogens is 568 g/mol. The van der Waals surface area contributed by atoms with E-state index in [-0.39, 0.29) is 69.8 Å². The molecule has 0 atom stereocenters. The minimum absolute atomic E-state index is 0. The van der Waals surface area contributed by atoms with Gasteiger partial charge in [0.15, 0.2) is 0 Å². The average molecular weight is 587 g/mol. The number of benzene rings is 2. The van der Waals surface area contributed by atoms with Crippen LogP contribution in [0.15, 0.2) is 58.3 Å². The second kappa shape index (κ2) is 16.0. The van der Waals surface area contributed by atoms with Crippen LogP contribution in [0.5, 0.6) is 0 Å². The minimum Gasteiger partial charge on any atom is -1.00 e. The minimum atomic E-state index is -1.11. The molecule has 0 saturated carbocycles. The van der Waals surface area contributed by atoms with Gasteiger partial charge < -0.3 is 21.2 Å².